The van der Waals surface area contributed by atoms with E-state index < -0.39 is 6.03 Å². The fraction of sp³-hybridized carbons (Fsp3) is 0.500. The summed E-state index contributed by atoms with van der Waals surface area (Å²) in [6, 6.07) is 3.42. The zero-order valence-corrected chi connectivity index (χ0v) is 16.3. The van der Waals surface area contributed by atoms with Gasteiger partial charge in [-0.3, -0.25) is 15.1 Å². The largest absolute Gasteiger partial charge is 0.335 e. The summed E-state index contributed by atoms with van der Waals surface area (Å²) in [5, 5.41) is 14.2. The summed E-state index contributed by atoms with van der Waals surface area (Å²) in [5.74, 6) is 0.883. The topological polar surface area (TPSA) is 102 Å². The third-order valence-corrected chi connectivity index (χ3v) is 5.81. The van der Waals surface area contributed by atoms with Gasteiger partial charge in [-0.25, -0.2) is 4.79 Å². The summed E-state index contributed by atoms with van der Waals surface area (Å²) in [5.41, 5.74) is 0.900. The minimum atomic E-state index is -0.421. The number of thioether (sulfide) groups is 1. The SMILES string of the molecule is C[C@H]1CCCC[C@@H]1NC(=O)NC(=O)CSc1nnc(-c2ccncc2)n1C. The standard InChI is InChI=1S/C18H24N6O2S/c1-12-5-3-4-6-14(12)20-17(26)21-15(25)11-27-18-23-22-16(24(18)2)13-7-9-19-10-8-13/h7-10,12,14H,3-6,11H2,1-2H3,(H2,20,21,25,26)/t12-,14-/m0/s1. The normalized spacial score (nSPS) is 19.5. The van der Waals surface area contributed by atoms with Crippen molar-refractivity contribution in [3.63, 3.8) is 0 Å². The molecule has 2 aromatic heterocycles. The quantitative estimate of drug-likeness (QED) is 0.763. The molecule has 1 fully saturated rings. The molecule has 27 heavy (non-hydrogen) atoms. The van der Waals surface area contributed by atoms with Gasteiger partial charge in [-0.15, -0.1) is 10.2 Å². The lowest BCUT2D eigenvalue weighted by atomic mass is 9.86. The van der Waals surface area contributed by atoms with E-state index in [4.69, 9.17) is 0 Å². The zero-order valence-electron chi connectivity index (χ0n) is 15.5. The molecule has 0 bridgehead atoms. The van der Waals surface area contributed by atoms with Gasteiger partial charge in [0.2, 0.25) is 5.91 Å². The van der Waals surface area contributed by atoms with Crippen LogP contribution in [0.3, 0.4) is 0 Å². The average Bonchev–Trinajstić information content (AvgIpc) is 3.03. The maximum Gasteiger partial charge on any atom is 0.321 e. The fourth-order valence-corrected chi connectivity index (χ4v) is 3.93. The summed E-state index contributed by atoms with van der Waals surface area (Å²) >= 11 is 1.24. The molecular weight excluding hydrogens is 364 g/mol. The molecule has 9 heteroatoms. The summed E-state index contributed by atoms with van der Waals surface area (Å²) in [6.45, 7) is 2.14. The van der Waals surface area contributed by atoms with E-state index in [0.717, 1.165) is 24.8 Å². The molecule has 144 valence electrons. The van der Waals surface area contributed by atoms with Crippen LogP contribution in [-0.4, -0.2) is 43.5 Å². The molecule has 1 aliphatic rings. The van der Waals surface area contributed by atoms with Crippen LogP contribution in [0.15, 0.2) is 29.7 Å². The molecule has 3 amide bonds. The first-order chi connectivity index (χ1) is 13.0. The first-order valence-electron chi connectivity index (χ1n) is 9.07. The van der Waals surface area contributed by atoms with Crippen LogP contribution in [0.25, 0.3) is 11.4 Å². The van der Waals surface area contributed by atoms with Crippen molar-refractivity contribution >= 4 is 23.7 Å². The lowest BCUT2D eigenvalue weighted by Gasteiger charge is -2.29. The molecule has 0 aliphatic heterocycles. The van der Waals surface area contributed by atoms with Gasteiger partial charge in [0.15, 0.2) is 11.0 Å². The second-order valence-corrected chi connectivity index (χ2v) is 7.72. The van der Waals surface area contributed by atoms with E-state index in [2.05, 4.69) is 32.7 Å². The first kappa shape index (κ1) is 19.3. The minimum Gasteiger partial charge on any atom is -0.335 e. The van der Waals surface area contributed by atoms with E-state index in [1.165, 1.54) is 18.2 Å². The van der Waals surface area contributed by atoms with Crippen LogP contribution in [0.2, 0.25) is 0 Å². The van der Waals surface area contributed by atoms with Crippen molar-refractivity contribution in [2.45, 2.75) is 43.8 Å². The third kappa shape index (κ3) is 5.06. The number of hydrogen-bond donors (Lipinski definition) is 2. The maximum atomic E-state index is 12.1. The highest BCUT2D eigenvalue weighted by atomic mass is 32.2. The molecule has 2 N–H and O–H groups in total. The molecule has 8 nitrogen and oxygen atoms in total. The van der Waals surface area contributed by atoms with Crippen LogP contribution >= 0.6 is 11.8 Å². The Bertz CT molecular complexity index is 794. The predicted octanol–water partition coefficient (Wildman–Crippen LogP) is 2.37. The van der Waals surface area contributed by atoms with Gasteiger partial charge in [-0.2, -0.15) is 0 Å². The van der Waals surface area contributed by atoms with Crippen molar-refractivity contribution in [1.82, 2.24) is 30.4 Å². The number of nitrogens with one attached hydrogen (secondary N) is 2. The van der Waals surface area contributed by atoms with Gasteiger partial charge in [0.1, 0.15) is 0 Å². The van der Waals surface area contributed by atoms with Gasteiger partial charge < -0.3 is 9.88 Å². The maximum absolute atomic E-state index is 12.1. The van der Waals surface area contributed by atoms with Crippen molar-refractivity contribution in [1.29, 1.82) is 0 Å². The Morgan fingerprint density at radius 3 is 2.70 bits per heavy atom. The second kappa shape index (κ2) is 8.98. The van der Waals surface area contributed by atoms with E-state index in [1.807, 2.05) is 23.7 Å². The second-order valence-electron chi connectivity index (χ2n) is 6.78. The summed E-state index contributed by atoms with van der Waals surface area (Å²) in [7, 11) is 1.84. The molecule has 0 aromatic carbocycles. The van der Waals surface area contributed by atoms with Crippen LogP contribution in [0, 0.1) is 5.92 Å². The van der Waals surface area contributed by atoms with Crippen LogP contribution < -0.4 is 10.6 Å². The van der Waals surface area contributed by atoms with Crippen LogP contribution in [0.5, 0.6) is 0 Å². The van der Waals surface area contributed by atoms with E-state index in [0.29, 0.717) is 16.9 Å². The summed E-state index contributed by atoms with van der Waals surface area (Å²) in [6.07, 6.45) is 7.78. The highest BCUT2D eigenvalue weighted by molar-refractivity contribution is 7.99. The molecule has 0 saturated heterocycles. The minimum absolute atomic E-state index is 0.0932. The van der Waals surface area contributed by atoms with E-state index in [1.54, 1.807) is 12.4 Å². The highest BCUT2D eigenvalue weighted by Crippen LogP contribution is 2.24. The first-order valence-corrected chi connectivity index (χ1v) is 10.1. The number of imide groups is 1. The molecule has 1 aliphatic carbocycles. The molecule has 2 heterocycles. The smallest absolute Gasteiger partial charge is 0.321 e. The Hall–Kier alpha value is -2.42. The molecular formula is C18H24N6O2S. The lowest BCUT2D eigenvalue weighted by Crippen LogP contribution is -2.48. The Morgan fingerprint density at radius 2 is 1.96 bits per heavy atom. The number of rotatable bonds is 5. The summed E-state index contributed by atoms with van der Waals surface area (Å²) < 4.78 is 1.82. The van der Waals surface area contributed by atoms with Crippen LogP contribution in [0.4, 0.5) is 4.79 Å². The van der Waals surface area contributed by atoms with Gasteiger partial charge in [0, 0.05) is 31.0 Å². The Labute approximate surface area is 162 Å². The zero-order chi connectivity index (χ0) is 19.2. The van der Waals surface area contributed by atoms with Gasteiger partial charge in [-0.05, 0) is 30.9 Å². The number of aromatic nitrogens is 4. The van der Waals surface area contributed by atoms with Crippen molar-refractivity contribution < 1.29 is 9.59 Å². The number of pyridine rings is 1. The number of urea groups is 1. The van der Waals surface area contributed by atoms with Crippen molar-refractivity contribution in [2.75, 3.05) is 5.75 Å². The third-order valence-electron chi connectivity index (χ3n) is 4.79. The van der Waals surface area contributed by atoms with Gasteiger partial charge in [0.25, 0.3) is 0 Å². The number of amides is 3. The Morgan fingerprint density at radius 1 is 1.22 bits per heavy atom. The van der Waals surface area contributed by atoms with Crippen molar-refractivity contribution in [2.24, 2.45) is 13.0 Å². The lowest BCUT2D eigenvalue weighted by molar-refractivity contribution is -0.117. The Balaban J connectivity index is 1.49. The molecule has 2 aromatic rings. The predicted molar refractivity (Wildman–Crippen MR) is 103 cm³/mol. The average molecular weight is 388 g/mol. The number of carbonyl (C=O) groups excluding carboxylic acids is 2. The molecule has 1 saturated carbocycles. The summed E-state index contributed by atoms with van der Waals surface area (Å²) in [4.78, 5) is 28.1. The fourth-order valence-electron chi connectivity index (χ4n) is 3.22. The monoisotopic (exact) mass is 388 g/mol. The molecule has 3 rings (SSSR count). The van der Waals surface area contributed by atoms with Crippen LogP contribution in [0.1, 0.15) is 32.6 Å². The van der Waals surface area contributed by atoms with Crippen molar-refractivity contribution in [3.8, 4) is 11.4 Å². The molecule has 0 radical (unpaired) electrons. The number of hydrogen-bond acceptors (Lipinski definition) is 6. The van der Waals surface area contributed by atoms with Crippen LogP contribution in [-0.2, 0) is 11.8 Å². The van der Waals surface area contributed by atoms with E-state index in [9.17, 15) is 9.59 Å². The van der Waals surface area contributed by atoms with E-state index in [-0.39, 0.29) is 17.7 Å². The molecule has 0 unspecified atom stereocenters. The Kier molecular flexibility index (Phi) is 6.44. The van der Waals surface area contributed by atoms with Gasteiger partial charge in [-0.1, -0.05) is 31.5 Å². The molecule has 0 spiro atoms. The van der Waals surface area contributed by atoms with Gasteiger partial charge >= 0.3 is 6.03 Å². The number of nitrogens with zero attached hydrogens (tertiary/aromatic N) is 4. The molecule has 2 atom stereocenters. The van der Waals surface area contributed by atoms with Gasteiger partial charge in [0.05, 0.1) is 5.75 Å². The highest BCUT2D eigenvalue weighted by Gasteiger charge is 2.23. The van der Waals surface area contributed by atoms with E-state index >= 15 is 0 Å². The van der Waals surface area contributed by atoms with Crippen molar-refractivity contribution in [3.05, 3.63) is 24.5 Å². The number of carbonyl (C=O) groups is 2.